The van der Waals surface area contributed by atoms with Crippen LogP contribution < -0.4 is 0 Å². The van der Waals surface area contributed by atoms with Crippen molar-refractivity contribution in [1.82, 2.24) is 19.7 Å². The monoisotopic (exact) mass is 242 g/mol. The van der Waals surface area contributed by atoms with E-state index in [1.165, 1.54) is 13.2 Å². The standard InChI is InChI=1S/C10H9F3N4/c1-6-5-7(3-4-14-6)8-15-9(10(11,12)13)16-17(8)2/h3-5H,1-2H3. The van der Waals surface area contributed by atoms with E-state index >= 15 is 0 Å². The van der Waals surface area contributed by atoms with Gasteiger partial charge >= 0.3 is 6.18 Å². The van der Waals surface area contributed by atoms with Crippen molar-refractivity contribution in [2.75, 3.05) is 0 Å². The summed E-state index contributed by atoms with van der Waals surface area (Å²) in [5.74, 6) is -0.965. The highest BCUT2D eigenvalue weighted by Crippen LogP contribution is 2.28. The Balaban J connectivity index is 2.50. The van der Waals surface area contributed by atoms with E-state index in [9.17, 15) is 13.2 Å². The van der Waals surface area contributed by atoms with Gasteiger partial charge in [0.15, 0.2) is 5.82 Å². The molecule has 2 aromatic heterocycles. The minimum Gasteiger partial charge on any atom is -0.262 e. The normalized spacial score (nSPS) is 11.8. The van der Waals surface area contributed by atoms with Crippen molar-refractivity contribution in [3.05, 3.63) is 29.8 Å². The summed E-state index contributed by atoms with van der Waals surface area (Å²) in [4.78, 5) is 7.46. The molecule has 0 bridgehead atoms. The highest BCUT2D eigenvalue weighted by Gasteiger charge is 2.36. The first-order valence-electron chi connectivity index (χ1n) is 4.79. The quantitative estimate of drug-likeness (QED) is 0.770. The molecule has 0 saturated heterocycles. The lowest BCUT2D eigenvalue weighted by Gasteiger charge is -2.00. The molecule has 90 valence electrons. The Kier molecular flexibility index (Phi) is 2.60. The molecule has 2 heterocycles. The molecule has 0 amide bonds. The van der Waals surface area contributed by atoms with Crippen LogP contribution in [-0.2, 0) is 13.2 Å². The SMILES string of the molecule is Cc1cc(-c2nc(C(F)(F)F)nn2C)ccn1. The van der Waals surface area contributed by atoms with Crippen molar-refractivity contribution >= 4 is 0 Å². The van der Waals surface area contributed by atoms with Crippen LogP contribution in [0.4, 0.5) is 13.2 Å². The Morgan fingerprint density at radius 2 is 2.00 bits per heavy atom. The fraction of sp³-hybridized carbons (Fsp3) is 0.300. The lowest BCUT2D eigenvalue weighted by molar-refractivity contribution is -0.144. The number of alkyl halides is 3. The average Bonchev–Trinajstić information content (AvgIpc) is 2.60. The summed E-state index contributed by atoms with van der Waals surface area (Å²) in [5, 5.41) is 3.35. The number of halogens is 3. The number of pyridine rings is 1. The minimum absolute atomic E-state index is 0.169. The summed E-state index contributed by atoms with van der Waals surface area (Å²) in [6.45, 7) is 1.75. The Morgan fingerprint density at radius 1 is 1.29 bits per heavy atom. The van der Waals surface area contributed by atoms with E-state index < -0.39 is 12.0 Å². The van der Waals surface area contributed by atoms with Crippen LogP contribution in [0.25, 0.3) is 11.4 Å². The van der Waals surface area contributed by atoms with Gasteiger partial charge in [-0.1, -0.05) is 0 Å². The smallest absolute Gasteiger partial charge is 0.262 e. The van der Waals surface area contributed by atoms with Crippen LogP contribution in [0.2, 0.25) is 0 Å². The molecule has 0 aromatic carbocycles. The van der Waals surface area contributed by atoms with E-state index in [1.807, 2.05) is 0 Å². The molecule has 0 atom stereocenters. The Hall–Kier alpha value is -1.92. The van der Waals surface area contributed by atoms with Crippen molar-refractivity contribution in [2.24, 2.45) is 7.05 Å². The summed E-state index contributed by atoms with van der Waals surface area (Å²) < 4.78 is 38.4. The van der Waals surface area contributed by atoms with Crippen LogP contribution in [0.5, 0.6) is 0 Å². The second-order valence-electron chi connectivity index (χ2n) is 3.57. The molecule has 2 aromatic rings. The van der Waals surface area contributed by atoms with Crippen LogP contribution in [-0.4, -0.2) is 19.7 Å². The van der Waals surface area contributed by atoms with Gasteiger partial charge in [-0.15, -0.1) is 5.10 Å². The third-order valence-electron chi connectivity index (χ3n) is 2.17. The largest absolute Gasteiger partial charge is 0.453 e. The Bertz CT molecular complexity index is 545. The van der Waals surface area contributed by atoms with Gasteiger partial charge in [0.2, 0.25) is 0 Å². The van der Waals surface area contributed by atoms with Crippen molar-refractivity contribution in [3.63, 3.8) is 0 Å². The fourth-order valence-electron chi connectivity index (χ4n) is 1.44. The van der Waals surface area contributed by atoms with Crippen LogP contribution >= 0.6 is 0 Å². The molecule has 0 aliphatic carbocycles. The van der Waals surface area contributed by atoms with Crippen LogP contribution in [0.1, 0.15) is 11.5 Å². The number of aromatic nitrogens is 4. The van der Waals surface area contributed by atoms with Gasteiger partial charge in [-0.3, -0.25) is 4.98 Å². The summed E-state index contributed by atoms with van der Waals surface area (Å²) in [5.41, 5.74) is 1.27. The van der Waals surface area contributed by atoms with E-state index in [-0.39, 0.29) is 5.82 Å². The fourth-order valence-corrected chi connectivity index (χ4v) is 1.44. The predicted molar refractivity (Wildman–Crippen MR) is 54.0 cm³/mol. The van der Waals surface area contributed by atoms with Gasteiger partial charge in [-0.2, -0.15) is 13.2 Å². The zero-order valence-electron chi connectivity index (χ0n) is 9.15. The molecule has 0 fully saturated rings. The van der Waals surface area contributed by atoms with Gasteiger partial charge in [-0.25, -0.2) is 9.67 Å². The zero-order chi connectivity index (χ0) is 12.6. The zero-order valence-corrected chi connectivity index (χ0v) is 9.15. The molecule has 2 rings (SSSR count). The van der Waals surface area contributed by atoms with Gasteiger partial charge in [0.1, 0.15) is 0 Å². The third-order valence-corrected chi connectivity index (χ3v) is 2.17. The number of nitrogens with zero attached hydrogens (tertiary/aromatic N) is 4. The van der Waals surface area contributed by atoms with Gasteiger partial charge in [0.05, 0.1) is 0 Å². The summed E-state index contributed by atoms with van der Waals surface area (Å²) in [6, 6.07) is 3.25. The molecule has 0 aliphatic rings. The van der Waals surface area contributed by atoms with Gasteiger partial charge in [0.25, 0.3) is 5.82 Å². The van der Waals surface area contributed by atoms with E-state index in [4.69, 9.17) is 0 Å². The van der Waals surface area contributed by atoms with Crippen LogP contribution in [0, 0.1) is 6.92 Å². The highest BCUT2D eigenvalue weighted by atomic mass is 19.4. The molecular weight excluding hydrogens is 233 g/mol. The average molecular weight is 242 g/mol. The number of hydrogen-bond acceptors (Lipinski definition) is 3. The number of aryl methyl sites for hydroxylation is 2. The van der Waals surface area contributed by atoms with Crippen molar-refractivity contribution in [1.29, 1.82) is 0 Å². The van der Waals surface area contributed by atoms with Crippen molar-refractivity contribution in [2.45, 2.75) is 13.1 Å². The molecular formula is C10H9F3N4. The van der Waals surface area contributed by atoms with E-state index in [0.717, 1.165) is 4.68 Å². The molecule has 17 heavy (non-hydrogen) atoms. The van der Waals surface area contributed by atoms with Gasteiger partial charge in [-0.05, 0) is 19.1 Å². The lowest BCUT2D eigenvalue weighted by atomic mass is 10.2. The summed E-state index contributed by atoms with van der Waals surface area (Å²) in [6.07, 6.45) is -3.01. The first kappa shape index (κ1) is 11.6. The van der Waals surface area contributed by atoms with Gasteiger partial charge in [0, 0.05) is 24.5 Å². The van der Waals surface area contributed by atoms with Crippen molar-refractivity contribution < 1.29 is 13.2 Å². The second-order valence-corrected chi connectivity index (χ2v) is 3.57. The third kappa shape index (κ3) is 2.27. The number of hydrogen-bond donors (Lipinski definition) is 0. The maximum Gasteiger partial charge on any atom is 0.453 e. The molecule has 0 saturated carbocycles. The molecule has 0 spiro atoms. The first-order chi connectivity index (χ1) is 7.88. The van der Waals surface area contributed by atoms with Crippen molar-refractivity contribution in [3.8, 4) is 11.4 Å². The molecule has 0 aliphatic heterocycles. The number of rotatable bonds is 1. The maximum atomic E-state index is 12.4. The summed E-state index contributed by atoms with van der Waals surface area (Å²) >= 11 is 0. The Labute approximate surface area is 95.1 Å². The van der Waals surface area contributed by atoms with E-state index in [1.54, 1.807) is 19.1 Å². The molecule has 4 nitrogen and oxygen atoms in total. The molecule has 7 heteroatoms. The lowest BCUT2D eigenvalue weighted by Crippen LogP contribution is -2.08. The minimum atomic E-state index is -4.53. The first-order valence-corrected chi connectivity index (χ1v) is 4.79. The molecule has 0 N–H and O–H groups in total. The van der Waals surface area contributed by atoms with E-state index in [0.29, 0.717) is 11.3 Å². The predicted octanol–water partition coefficient (Wildman–Crippen LogP) is 2.20. The maximum absolute atomic E-state index is 12.4. The Morgan fingerprint density at radius 3 is 2.53 bits per heavy atom. The van der Waals surface area contributed by atoms with Crippen LogP contribution in [0.15, 0.2) is 18.3 Å². The highest BCUT2D eigenvalue weighted by molar-refractivity contribution is 5.55. The topological polar surface area (TPSA) is 43.6 Å². The molecule has 0 unspecified atom stereocenters. The second kappa shape index (κ2) is 3.83. The molecule has 0 radical (unpaired) electrons. The van der Waals surface area contributed by atoms with Gasteiger partial charge < -0.3 is 0 Å². The summed E-state index contributed by atoms with van der Waals surface area (Å²) in [7, 11) is 1.42. The van der Waals surface area contributed by atoms with E-state index in [2.05, 4.69) is 15.1 Å². The van der Waals surface area contributed by atoms with Crippen LogP contribution in [0.3, 0.4) is 0 Å².